The fraction of sp³-hybridized carbons (Fsp3) is 0.625. The molecular formula is C16H22ClNOS. The second kappa shape index (κ2) is 6.69. The second-order valence-corrected chi connectivity index (χ2v) is 7.28. The van der Waals surface area contributed by atoms with Gasteiger partial charge in [0, 0.05) is 29.1 Å². The molecule has 0 radical (unpaired) electrons. The minimum Gasteiger partial charge on any atom is -0.380 e. The first-order valence-electron chi connectivity index (χ1n) is 7.49. The summed E-state index contributed by atoms with van der Waals surface area (Å²) in [6, 6.07) is 7.18. The van der Waals surface area contributed by atoms with Gasteiger partial charge >= 0.3 is 0 Å². The highest BCUT2D eigenvalue weighted by Crippen LogP contribution is 2.38. The predicted molar refractivity (Wildman–Crippen MR) is 85.7 cm³/mol. The average molecular weight is 312 g/mol. The number of methoxy groups -OCH3 is 1. The van der Waals surface area contributed by atoms with E-state index in [-0.39, 0.29) is 0 Å². The van der Waals surface area contributed by atoms with Crippen LogP contribution in [0.25, 0.3) is 0 Å². The molecule has 0 bridgehead atoms. The number of fused-ring (bicyclic) bond motifs is 1. The van der Waals surface area contributed by atoms with Crippen LogP contribution in [0.1, 0.15) is 43.7 Å². The summed E-state index contributed by atoms with van der Waals surface area (Å²) in [6.07, 6.45) is 6.53. The van der Waals surface area contributed by atoms with Crippen LogP contribution in [0.2, 0.25) is 5.02 Å². The van der Waals surface area contributed by atoms with Gasteiger partial charge in [-0.1, -0.05) is 24.4 Å². The normalized spacial score (nSPS) is 30.0. The minimum absolute atomic E-state index is 0.362. The first-order chi connectivity index (χ1) is 9.78. The van der Waals surface area contributed by atoms with E-state index in [0.717, 1.165) is 5.02 Å². The maximum atomic E-state index is 6.18. The molecule has 1 aromatic rings. The fourth-order valence-corrected chi connectivity index (χ4v) is 4.65. The predicted octanol–water partition coefficient (Wildman–Crippen LogP) is 4.42. The third-order valence-corrected chi connectivity index (χ3v) is 5.79. The standard InChI is InChI=1S/C16H22ClNOS/c1-19-15-5-3-2-4-14(15)18-13-8-9-20-16-7-6-11(17)10-12(13)16/h6-7,10,13-15,18H,2-5,8-9H2,1H3. The molecule has 4 heteroatoms. The van der Waals surface area contributed by atoms with Crippen LogP contribution >= 0.6 is 23.4 Å². The maximum absolute atomic E-state index is 6.18. The lowest BCUT2D eigenvalue weighted by Crippen LogP contribution is -2.45. The van der Waals surface area contributed by atoms with Crippen molar-refractivity contribution in [1.29, 1.82) is 0 Å². The molecular weight excluding hydrogens is 290 g/mol. The van der Waals surface area contributed by atoms with Gasteiger partial charge < -0.3 is 10.1 Å². The summed E-state index contributed by atoms with van der Waals surface area (Å²) in [7, 11) is 1.84. The Morgan fingerprint density at radius 2 is 2.10 bits per heavy atom. The SMILES string of the molecule is COC1CCCCC1NC1CCSc2ccc(Cl)cc21. The van der Waals surface area contributed by atoms with Crippen LogP contribution in [0.4, 0.5) is 0 Å². The van der Waals surface area contributed by atoms with Crippen molar-refractivity contribution < 1.29 is 4.74 Å². The molecule has 3 rings (SSSR count). The van der Waals surface area contributed by atoms with Crippen molar-refractivity contribution in [3.63, 3.8) is 0 Å². The van der Waals surface area contributed by atoms with Crippen molar-refractivity contribution in [3.8, 4) is 0 Å². The Balaban J connectivity index is 1.76. The van der Waals surface area contributed by atoms with Crippen molar-refractivity contribution in [2.45, 2.75) is 55.2 Å². The van der Waals surface area contributed by atoms with E-state index in [1.54, 1.807) is 0 Å². The van der Waals surface area contributed by atoms with Crippen LogP contribution in [0.15, 0.2) is 23.1 Å². The van der Waals surface area contributed by atoms with E-state index in [2.05, 4.69) is 17.4 Å². The van der Waals surface area contributed by atoms with Crippen molar-refractivity contribution in [3.05, 3.63) is 28.8 Å². The van der Waals surface area contributed by atoms with E-state index in [0.29, 0.717) is 18.2 Å². The van der Waals surface area contributed by atoms with Crippen molar-refractivity contribution >= 4 is 23.4 Å². The van der Waals surface area contributed by atoms with E-state index in [9.17, 15) is 0 Å². The molecule has 20 heavy (non-hydrogen) atoms. The molecule has 3 atom stereocenters. The molecule has 0 aromatic heterocycles. The van der Waals surface area contributed by atoms with Gasteiger partial charge in [-0.3, -0.25) is 0 Å². The van der Waals surface area contributed by atoms with E-state index in [4.69, 9.17) is 16.3 Å². The van der Waals surface area contributed by atoms with Gasteiger partial charge in [-0.2, -0.15) is 0 Å². The molecule has 0 saturated heterocycles. The van der Waals surface area contributed by atoms with E-state index >= 15 is 0 Å². The molecule has 1 saturated carbocycles. The van der Waals surface area contributed by atoms with Crippen LogP contribution in [-0.2, 0) is 4.74 Å². The highest BCUT2D eigenvalue weighted by Gasteiger charge is 2.29. The molecule has 110 valence electrons. The summed E-state index contributed by atoms with van der Waals surface area (Å²) in [6.45, 7) is 0. The van der Waals surface area contributed by atoms with Gasteiger partial charge in [-0.05, 0) is 48.8 Å². The Kier molecular flexibility index (Phi) is 4.92. The molecule has 3 unspecified atom stereocenters. The van der Waals surface area contributed by atoms with Crippen LogP contribution in [0.5, 0.6) is 0 Å². The number of hydrogen-bond donors (Lipinski definition) is 1. The Labute approximate surface area is 130 Å². The Bertz CT molecular complexity index is 468. The first kappa shape index (κ1) is 14.7. The fourth-order valence-electron chi connectivity index (χ4n) is 3.37. The Hall–Kier alpha value is -0.220. The van der Waals surface area contributed by atoms with Gasteiger partial charge in [-0.15, -0.1) is 11.8 Å². The lowest BCUT2D eigenvalue weighted by Gasteiger charge is -2.36. The summed E-state index contributed by atoms with van der Waals surface area (Å²) < 4.78 is 5.66. The Morgan fingerprint density at radius 1 is 1.25 bits per heavy atom. The maximum Gasteiger partial charge on any atom is 0.0724 e. The highest BCUT2D eigenvalue weighted by atomic mass is 35.5. The number of nitrogens with one attached hydrogen (secondary N) is 1. The number of thioether (sulfide) groups is 1. The largest absolute Gasteiger partial charge is 0.380 e. The van der Waals surface area contributed by atoms with Crippen molar-refractivity contribution in [2.75, 3.05) is 12.9 Å². The number of halogens is 1. The lowest BCUT2D eigenvalue weighted by molar-refractivity contribution is 0.0373. The first-order valence-corrected chi connectivity index (χ1v) is 8.85. The molecule has 1 aliphatic carbocycles. The van der Waals surface area contributed by atoms with E-state index in [1.807, 2.05) is 24.9 Å². The molecule has 1 heterocycles. The molecule has 1 aromatic carbocycles. The summed E-state index contributed by atoms with van der Waals surface area (Å²) in [5.41, 5.74) is 1.37. The van der Waals surface area contributed by atoms with Crippen LogP contribution in [-0.4, -0.2) is 25.0 Å². The summed E-state index contributed by atoms with van der Waals surface area (Å²) in [5, 5.41) is 4.68. The molecule has 0 amide bonds. The Morgan fingerprint density at radius 3 is 2.95 bits per heavy atom. The summed E-state index contributed by atoms with van der Waals surface area (Å²) >= 11 is 8.12. The van der Waals surface area contributed by atoms with Gasteiger partial charge in [0.05, 0.1) is 6.10 Å². The van der Waals surface area contributed by atoms with Gasteiger partial charge in [0.15, 0.2) is 0 Å². The third-order valence-electron chi connectivity index (χ3n) is 4.43. The monoisotopic (exact) mass is 311 g/mol. The zero-order valence-corrected chi connectivity index (χ0v) is 13.5. The van der Waals surface area contributed by atoms with Gasteiger partial charge in [0.25, 0.3) is 0 Å². The summed E-state index contributed by atoms with van der Waals surface area (Å²) in [5.74, 6) is 1.18. The summed E-state index contributed by atoms with van der Waals surface area (Å²) in [4.78, 5) is 1.38. The molecule has 1 aliphatic heterocycles. The molecule has 1 N–H and O–H groups in total. The minimum atomic E-state index is 0.362. The van der Waals surface area contributed by atoms with Crippen molar-refractivity contribution in [1.82, 2.24) is 5.32 Å². The number of rotatable bonds is 3. The molecule has 2 aliphatic rings. The van der Waals surface area contributed by atoms with Crippen LogP contribution < -0.4 is 5.32 Å². The quantitative estimate of drug-likeness (QED) is 0.892. The topological polar surface area (TPSA) is 21.3 Å². The van der Waals surface area contributed by atoms with Gasteiger partial charge in [-0.25, -0.2) is 0 Å². The van der Waals surface area contributed by atoms with E-state index < -0.39 is 0 Å². The molecule has 0 spiro atoms. The second-order valence-electron chi connectivity index (χ2n) is 5.70. The smallest absolute Gasteiger partial charge is 0.0724 e. The van der Waals surface area contributed by atoms with Crippen LogP contribution in [0, 0.1) is 0 Å². The number of benzene rings is 1. The lowest BCUT2D eigenvalue weighted by atomic mass is 9.90. The third kappa shape index (κ3) is 3.16. The zero-order chi connectivity index (χ0) is 13.9. The number of ether oxygens (including phenoxy) is 1. The molecule has 1 fully saturated rings. The zero-order valence-electron chi connectivity index (χ0n) is 11.9. The van der Waals surface area contributed by atoms with Gasteiger partial charge in [0.1, 0.15) is 0 Å². The highest BCUT2D eigenvalue weighted by molar-refractivity contribution is 7.99. The average Bonchev–Trinajstić information content (AvgIpc) is 2.48. The number of hydrogen-bond acceptors (Lipinski definition) is 3. The van der Waals surface area contributed by atoms with Crippen LogP contribution in [0.3, 0.4) is 0 Å². The van der Waals surface area contributed by atoms with E-state index in [1.165, 1.54) is 48.3 Å². The van der Waals surface area contributed by atoms with Crippen molar-refractivity contribution in [2.24, 2.45) is 0 Å². The molecule has 2 nitrogen and oxygen atoms in total. The van der Waals surface area contributed by atoms with Gasteiger partial charge in [0.2, 0.25) is 0 Å².